The van der Waals surface area contributed by atoms with Crippen LogP contribution in [0.25, 0.3) is 0 Å². The van der Waals surface area contributed by atoms with E-state index < -0.39 is 18.4 Å². The molecule has 0 N–H and O–H groups in total. The molecule has 1 aromatic heterocycles. The highest BCUT2D eigenvalue weighted by atomic mass is 19.4. The highest BCUT2D eigenvalue weighted by Crippen LogP contribution is 2.18. The van der Waals surface area contributed by atoms with Gasteiger partial charge in [-0.25, -0.2) is 0 Å². The van der Waals surface area contributed by atoms with Gasteiger partial charge in [-0.1, -0.05) is 0 Å². The van der Waals surface area contributed by atoms with Crippen LogP contribution in [0.15, 0.2) is 12.3 Å². The maximum atomic E-state index is 11.9. The van der Waals surface area contributed by atoms with E-state index in [1.807, 2.05) is 0 Å². The lowest BCUT2D eigenvalue weighted by Crippen LogP contribution is -2.25. The third-order valence-electron chi connectivity index (χ3n) is 1.76. The quantitative estimate of drug-likeness (QED) is 0.752. The second kappa shape index (κ2) is 3.81. The minimum absolute atomic E-state index is 0.287. The standard InChI is InChI=1S/C8H9F3N2O/c1-2-13-6(3-4-12-13)5-7(14)8(9,10)11/h3-4H,2,5H2,1H3. The van der Waals surface area contributed by atoms with Gasteiger partial charge in [0, 0.05) is 18.4 Å². The van der Waals surface area contributed by atoms with E-state index in [1.54, 1.807) is 6.92 Å². The van der Waals surface area contributed by atoms with Crippen molar-refractivity contribution in [2.75, 3.05) is 0 Å². The van der Waals surface area contributed by atoms with Crippen LogP contribution in [0.5, 0.6) is 0 Å². The molecule has 1 heterocycles. The van der Waals surface area contributed by atoms with E-state index >= 15 is 0 Å². The minimum atomic E-state index is -4.76. The van der Waals surface area contributed by atoms with Crippen molar-refractivity contribution in [3.05, 3.63) is 18.0 Å². The number of nitrogens with zero attached hydrogens (tertiary/aromatic N) is 2. The van der Waals surface area contributed by atoms with Gasteiger partial charge in [-0.2, -0.15) is 18.3 Å². The Morgan fingerprint density at radius 3 is 2.71 bits per heavy atom. The third-order valence-corrected chi connectivity index (χ3v) is 1.76. The van der Waals surface area contributed by atoms with Gasteiger partial charge in [-0.15, -0.1) is 0 Å². The Morgan fingerprint density at radius 1 is 1.57 bits per heavy atom. The van der Waals surface area contributed by atoms with Crippen molar-refractivity contribution >= 4 is 5.78 Å². The van der Waals surface area contributed by atoms with E-state index in [0.29, 0.717) is 6.54 Å². The summed E-state index contributed by atoms with van der Waals surface area (Å²) in [4.78, 5) is 10.6. The average molecular weight is 206 g/mol. The molecular weight excluding hydrogens is 197 g/mol. The predicted molar refractivity (Wildman–Crippen MR) is 42.7 cm³/mol. The molecule has 0 unspecified atom stereocenters. The molecule has 0 atom stereocenters. The molecular formula is C8H9F3N2O. The molecule has 0 saturated carbocycles. The molecule has 0 aliphatic carbocycles. The maximum Gasteiger partial charge on any atom is 0.450 e. The summed E-state index contributed by atoms with van der Waals surface area (Å²) >= 11 is 0. The summed E-state index contributed by atoms with van der Waals surface area (Å²) in [6.45, 7) is 2.20. The molecule has 0 radical (unpaired) electrons. The van der Waals surface area contributed by atoms with Crippen molar-refractivity contribution in [1.29, 1.82) is 0 Å². The van der Waals surface area contributed by atoms with Gasteiger partial charge in [0.15, 0.2) is 0 Å². The molecule has 0 aliphatic rings. The lowest BCUT2D eigenvalue weighted by atomic mass is 10.2. The molecule has 0 saturated heterocycles. The Bertz CT molecular complexity index is 330. The molecule has 0 amide bonds. The number of halogens is 3. The lowest BCUT2D eigenvalue weighted by Gasteiger charge is -2.06. The van der Waals surface area contributed by atoms with E-state index in [-0.39, 0.29) is 5.69 Å². The second-order valence-corrected chi connectivity index (χ2v) is 2.74. The highest BCUT2D eigenvalue weighted by molar-refractivity contribution is 5.85. The number of carbonyl (C=O) groups excluding carboxylic acids is 1. The Balaban J connectivity index is 2.74. The monoisotopic (exact) mass is 206 g/mol. The molecule has 0 aromatic carbocycles. The Hall–Kier alpha value is -1.33. The van der Waals surface area contributed by atoms with Crippen LogP contribution in [-0.4, -0.2) is 21.7 Å². The molecule has 0 spiro atoms. The van der Waals surface area contributed by atoms with E-state index in [1.165, 1.54) is 16.9 Å². The molecule has 0 bridgehead atoms. The van der Waals surface area contributed by atoms with Crippen LogP contribution in [0.2, 0.25) is 0 Å². The van der Waals surface area contributed by atoms with E-state index in [4.69, 9.17) is 0 Å². The molecule has 6 heteroatoms. The Labute approximate surface area is 78.5 Å². The second-order valence-electron chi connectivity index (χ2n) is 2.74. The van der Waals surface area contributed by atoms with Crippen molar-refractivity contribution in [2.45, 2.75) is 26.1 Å². The largest absolute Gasteiger partial charge is 0.450 e. The Kier molecular flexibility index (Phi) is 2.93. The number of ketones is 1. The fraction of sp³-hybridized carbons (Fsp3) is 0.500. The summed E-state index contributed by atoms with van der Waals surface area (Å²) in [5.41, 5.74) is 0.287. The lowest BCUT2D eigenvalue weighted by molar-refractivity contribution is -0.170. The summed E-state index contributed by atoms with van der Waals surface area (Å²) in [7, 11) is 0. The molecule has 1 rings (SSSR count). The SMILES string of the molecule is CCn1nccc1CC(=O)C(F)(F)F. The van der Waals surface area contributed by atoms with Gasteiger partial charge in [0.25, 0.3) is 0 Å². The van der Waals surface area contributed by atoms with Crippen LogP contribution < -0.4 is 0 Å². The van der Waals surface area contributed by atoms with Crippen LogP contribution >= 0.6 is 0 Å². The van der Waals surface area contributed by atoms with Crippen molar-refractivity contribution in [2.24, 2.45) is 0 Å². The first kappa shape index (κ1) is 10.7. The van der Waals surface area contributed by atoms with Crippen LogP contribution in [0.1, 0.15) is 12.6 Å². The number of hydrogen-bond donors (Lipinski definition) is 0. The molecule has 78 valence electrons. The summed E-state index contributed by atoms with van der Waals surface area (Å²) < 4.78 is 37.1. The van der Waals surface area contributed by atoms with Gasteiger partial charge < -0.3 is 0 Å². The van der Waals surface area contributed by atoms with Crippen molar-refractivity contribution in [3.8, 4) is 0 Å². The fourth-order valence-electron chi connectivity index (χ4n) is 1.06. The summed E-state index contributed by atoms with van der Waals surface area (Å²) in [6.07, 6.45) is -4.03. The first-order valence-corrected chi connectivity index (χ1v) is 4.06. The van der Waals surface area contributed by atoms with Crippen LogP contribution in [0, 0.1) is 0 Å². The van der Waals surface area contributed by atoms with Gasteiger partial charge in [-0.3, -0.25) is 9.48 Å². The van der Waals surface area contributed by atoms with Crippen molar-refractivity contribution in [1.82, 2.24) is 9.78 Å². The fourth-order valence-corrected chi connectivity index (χ4v) is 1.06. The predicted octanol–water partition coefficient (Wildman–Crippen LogP) is 1.58. The van der Waals surface area contributed by atoms with Crippen LogP contribution in [0.3, 0.4) is 0 Å². The average Bonchev–Trinajstić information content (AvgIpc) is 2.50. The number of aryl methyl sites for hydroxylation is 1. The first-order chi connectivity index (χ1) is 6.45. The normalized spacial score (nSPS) is 11.7. The summed E-state index contributed by atoms with van der Waals surface area (Å²) in [6, 6.07) is 1.41. The van der Waals surface area contributed by atoms with E-state index in [2.05, 4.69) is 5.10 Å². The maximum absolute atomic E-state index is 11.9. The van der Waals surface area contributed by atoms with Gasteiger partial charge in [-0.05, 0) is 13.0 Å². The Morgan fingerprint density at radius 2 is 2.21 bits per heavy atom. The molecule has 1 aromatic rings. The number of Topliss-reactive ketones (excluding diaryl/α,β-unsaturated/α-hetero) is 1. The summed E-state index contributed by atoms with van der Waals surface area (Å²) in [5, 5.41) is 3.77. The number of alkyl halides is 3. The third kappa shape index (κ3) is 2.34. The van der Waals surface area contributed by atoms with Crippen molar-refractivity contribution in [3.63, 3.8) is 0 Å². The zero-order valence-electron chi connectivity index (χ0n) is 7.51. The topological polar surface area (TPSA) is 34.9 Å². The van der Waals surface area contributed by atoms with E-state index in [0.717, 1.165) is 0 Å². The number of aromatic nitrogens is 2. The molecule has 3 nitrogen and oxygen atoms in total. The number of hydrogen-bond acceptors (Lipinski definition) is 2. The van der Waals surface area contributed by atoms with E-state index in [9.17, 15) is 18.0 Å². The van der Waals surface area contributed by atoms with Gasteiger partial charge in [0.2, 0.25) is 5.78 Å². The smallest absolute Gasteiger partial charge is 0.289 e. The van der Waals surface area contributed by atoms with Crippen molar-refractivity contribution < 1.29 is 18.0 Å². The molecule has 0 aliphatic heterocycles. The van der Waals surface area contributed by atoms with Gasteiger partial charge >= 0.3 is 6.18 Å². The van der Waals surface area contributed by atoms with Crippen LogP contribution in [-0.2, 0) is 17.8 Å². The molecule has 0 fully saturated rings. The molecule has 14 heavy (non-hydrogen) atoms. The summed E-state index contributed by atoms with van der Waals surface area (Å²) in [5.74, 6) is -1.74. The van der Waals surface area contributed by atoms with Crippen LogP contribution in [0.4, 0.5) is 13.2 Å². The van der Waals surface area contributed by atoms with Gasteiger partial charge in [0.1, 0.15) is 0 Å². The number of rotatable bonds is 3. The highest BCUT2D eigenvalue weighted by Gasteiger charge is 2.38. The number of carbonyl (C=O) groups is 1. The zero-order chi connectivity index (χ0) is 10.8. The van der Waals surface area contributed by atoms with Gasteiger partial charge in [0.05, 0.1) is 6.42 Å². The zero-order valence-corrected chi connectivity index (χ0v) is 7.51. The minimum Gasteiger partial charge on any atom is -0.289 e. The first-order valence-electron chi connectivity index (χ1n) is 4.06.